The summed E-state index contributed by atoms with van der Waals surface area (Å²) >= 11 is 3.69. The number of unbranched alkanes of at least 4 members (excludes halogenated alkanes) is 3. The molecule has 2 aliphatic rings. The van der Waals surface area contributed by atoms with Crippen LogP contribution in [0.4, 0.5) is 0 Å². The fourth-order valence-corrected chi connectivity index (χ4v) is 3.92. The second-order valence-electron chi connectivity index (χ2n) is 4.83. The van der Waals surface area contributed by atoms with Crippen LogP contribution >= 0.6 is 15.9 Å². The predicted molar refractivity (Wildman–Crippen MR) is 66.2 cm³/mol. The third-order valence-electron chi connectivity index (χ3n) is 3.84. The Hall–Kier alpha value is -0.110. The molecule has 0 unspecified atom stereocenters. The molecule has 1 fully saturated rings. The number of carbonyl (C=O) groups excluding carboxylic acids is 1. The number of allylic oxidation sites excluding steroid dienone is 2. The molecule has 1 saturated carbocycles. The van der Waals surface area contributed by atoms with E-state index in [0.29, 0.717) is 17.6 Å². The molecule has 0 amide bonds. The molecule has 84 valence electrons. The minimum atomic E-state index is -0.182. The Morgan fingerprint density at radius 3 is 3.00 bits per heavy atom. The van der Waals surface area contributed by atoms with Gasteiger partial charge in [0, 0.05) is 11.8 Å². The Labute approximate surface area is 100 Å². The fourth-order valence-electron chi connectivity index (χ4n) is 2.87. The van der Waals surface area contributed by atoms with E-state index in [2.05, 4.69) is 35.0 Å². The van der Waals surface area contributed by atoms with Gasteiger partial charge in [-0.2, -0.15) is 0 Å². The van der Waals surface area contributed by atoms with Crippen molar-refractivity contribution in [1.29, 1.82) is 0 Å². The van der Waals surface area contributed by atoms with Crippen LogP contribution < -0.4 is 0 Å². The summed E-state index contributed by atoms with van der Waals surface area (Å²) in [5.74, 6) is 1.26. The maximum atomic E-state index is 11.9. The van der Waals surface area contributed by atoms with Crippen LogP contribution in [0.15, 0.2) is 12.2 Å². The molecule has 2 heteroatoms. The zero-order valence-corrected chi connectivity index (χ0v) is 10.9. The molecule has 1 nitrogen and oxygen atoms in total. The van der Waals surface area contributed by atoms with Gasteiger partial charge in [0.25, 0.3) is 0 Å². The lowest BCUT2D eigenvalue weighted by molar-refractivity contribution is -0.136. The summed E-state index contributed by atoms with van der Waals surface area (Å²) in [6.07, 6.45) is 11.4. The van der Waals surface area contributed by atoms with E-state index in [9.17, 15) is 4.79 Å². The maximum absolute atomic E-state index is 11.9. The molecule has 2 aliphatic carbocycles. The number of halogens is 1. The van der Waals surface area contributed by atoms with Gasteiger partial charge in [-0.1, -0.05) is 60.7 Å². The van der Waals surface area contributed by atoms with E-state index in [4.69, 9.17) is 0 Å². The molecule has 15 heavy (non-hydrogen) atoms. The lowest BCUT2D eigenvalue weighted by atomic mass is 9.63. The Balaban J connectivity index is 1.85. The average Bonchev–Trinajstić information content (AvgIpc) is 2.70. The minimum Gasteiger partial charge on any atom is -0.298 e. The lowest BCUT2D eigenvalue weighted by Gasteiger charge is -2.46. The summed E-state index contributed by atoms with van der Waals surface area (Å²) in [6.45, 7) is 2.22. The largest absolute Gasteiger partial charge is 0.298 e. The first-order valence-corrected chi connectivity index (χ1v) is 6.89. The van der Waals surface area contributed by atoms with Crippen LogP contribution in [0.2, 0.25) is 0 Å². The molecule has 0 aromatic rings. The Morgan fingerprint density at radius 1 is 1.47 bits per heavy atom. The predicted octanol–water partition coefficient (Wildman–Crippen LogP) is 3.87. The summed E-state index contributed by atoms with van der Waals surface area (Å²) in [5.41, 5.74) is 0. The maximum Gasteiger partial charge on any atom is 0.154 e. The van der Waals surface area contributed by atoms with Crippen LogP contribution in [0, 0.1) is 11.8 Å². The molecule has 0 aliphatic heterocycles. The third-order valence-corrected chi connectivity index (χ3v) is 5.15. The minimum absolute atomic E-state index is 0.182. The van der Waals surface area contributed by atoms with Gasteiger partial charge in [0.05, 0.1) is 4.32 Å². The molecule has 0 aromatic carbocycles. The van der Waals surface area contributed by atoms with Crippen molar-refractivity contribution in [1.82, 2.24) is 0 Å². The van der Waals surface area contributed by atoms with E-state index < -0.39 is 0 Å². The summed E-state index contributed by atoms with van der Waals surface area (Å²) in [6, 6.07) is 0. The molecule has 0 radical (unpaired) electrons. The van der Waals surface area contributed by atoms with Crippen LogP contribution in [0.1, 0.15) is 45.4 Å². The average molecular weight is 271 g/mol. The topological polar surface area (TPSA) is 17.1 Å². The zero-order chi connectivity index (χ0) is 10.9. The van der Waals surface area contributed by atoms with Gasteiger partial charge >= 0.3 is 0 Å². The first kappa shape index (κ1) is 11.4. The van der Waals surface area contributed by atoms with E-state index in [1.54, 1.807) is 0 Å². The highest BCUT2D eigenvalue weighted by Gasteiger charge is 2.59. The molecular weight excluding hydrogens is 252 g/mol. The van der Waals surface area contributed by atoms with E-state index in [0.717, 1.165) is 12.8 Å². The van der Waals surface area contributed by atoms with Gasteiger partial charge in [-0.3, -0.25) is 4.79 Å². The molecule has 0 saturated heterocycles. The monoisotopic (exact) mass is 270 g/mol. The Morgan fingerprint density at radius 2 is 2.27 bits per heavy atom. The van der Waals surface area contributed by atoms with Crippen molar-refractivity contribution in [2.75, 3.05) is 0 Å². The third kappa shape index (κ3) is 1.82. The fraction of sp³-hybridized carbons (Fsp3) is 0.769. The van der Waals surface area contributed by atoms with E-state index in [1.165, 1.54) is 25.7 Å². The second-order valence-corrected chi connectivity index (χ2v) is 6.25. The van der Waals surface area contributed by atoms with Crippen molar-refractivity contribution in [3.63, 3.8) is 0 Å². The molecule has 0 spiro atoms. The number of ketones is 1. The Bertz CT molecular complexity index is 284. The van der Waals surface area contributed by atoms with Gasteiger partial charge in [-0.05, 0) is 12.8 Å². The second kappa shape index (κ2) is 4.40. The lowest BCUT2D eigenvalue weighted by Crippen LogP contribution is -2.57. The Kier molecular flexibility index (Phi) is 3.34. The zero-order valence-electron chi connectivity index (χ0n) is 9.34. The highest BCUT2D eigenvalue weighted by atomic mass is 79.9. The van der Waals surface area contributed by atoms with Gasteiger partial charge < -0.3 is 0 Å². The van der Waals surface area contributed by atoms with Crippen molar-refractivity contribution in [3.05, 3.63) is 12.2 Å². The standard InChI is InChI=1S/C13H19BrO/c1-2-3-4-5-9-13(14)11-8-6-7-10(11)12(13)15/h6,8,10-11H,2-5,7,9H2,1H3/t10-,11+,13-/m1/s1. The first-order valence-electron chi connectivity index (χ1n) is 6.10. The SMILES string of the molecule is CCCCCC[C@]1(Br)C(=O)[C@@H]2CC=C[C@@H]21. The van der Waals surface area contributed by atoms with Gasteiger partial charge in [0.1, 0.15) is 0 Å². The first-order chi connectivity index (χ1) is 7.20. The van der Waals surface area contributed by atoms with Crippen LogP contribution in [0.5, 0.6) is 0 Å². The van der Waals surface area contributed by atoms with Crippen LogP contribution in [-0.2, 0) is 4.79 Å². The van der Waals surface area contributed by atoms with E-state index in [-0.39, 0.29) is 4.32 Å². The summed E-state index contributed by atoms with van der Waals surface area (Å²) < 4.78 is -0.182. The van der Waals surface area contributed by atoms with Crippen LogP contribution in [0.3, 0.4) is 0 Å². The van der Waals surface area contributed by atoms with Gasteiger partial charge in [-0.15, -0.1) is 0 Å². The molecule has 0 heterocycles. The van der Waals surface area contributed by atoms with Crippen molar-refractivity contribution in [2.24, 2.45) is 11.8 Å². The van der Waals surface area contributed by atoms with Gasteiger partial charge in [0.15, 0.2) is 5.78 Å². The van der Waals surface area contributed by atoms with Crippen molar-refractivity contribution in [2.45, 2.75) is 49.8 Å². The normalized spacial score (nSPS) is 37.9. The smallest absolute Gasteiger partial charge is 0.154 e. The molecule has 0 aromatic heterocycles. The number of hydrogen-bond donors (Lipinski definition) is 0. The van der Waals surface area contributed by atoms with E-state index >= 15 is 0 Å². The highest BCUT2D eigenvalue weighted by molar-refractivity contribution is 9.10. The molecule has 3 atom stereocenters. The molecule has 0 bridgehead atoms. The number of Topliss-reactive ketones (excluding diaryl/α,β-unsaturated/α-hetero) is 1. The van der Waals surface area contributed by atoms with Crippen molar-refractivity contribution >= 4 is 21.7 Å². The highest BCUT2D eigenvalue weighted by Crippen LogP contribution is 2.54. The number of carbonyl (C=O) groups is 1. The molecule has 2 rings (SSSR count). The van der Waals surface area contributed by atoms with Gasteiger partial charge in [-0.25, -0.2) is 0 Å². The number of hydrogen-bond acceptors (Lipinski definition) is 1. The number of rotatable bonds is 5. The van der Waals surface area contributed by atoms with Crippen LogP contribution in [0.25, 0.3) is 0 Å². The van der Waals surface area contributed by atoms with Crippen LogP contribution in [-0.4, -0.2) is 10.1 Å². The van der Waals surface area contributed by atoms with Gasteiger partial charge in [0.2, 0.25) is 0 Å². The number of alkyl halides is 1. The quantitative estimate of drug-likeness (QED) is 0.421. The molecular formula is C13H19BrO. The van der Waals surface area contributed by atoms with Crippen molar-refractivity contribution < 1.29 is 4.79 Å². The summed E-state index contributed by atoms with van der Waals surface area (Å²) in [4.78, 5) is 11.9. The van der Waals surface area contributed by atoms with Crippen molar-refractivity contribution in [3.8, 4) is 0 Å². The molecule has 0 N–H and O–H groups in total. The number of fused-ring (bicyclic) bond motifs is 1. The summed E-state index contributed by atoms with van der Waals surface area (Å²) in [7, 11) is 0. The van der Waals surface area contributed by atoms with E-state index in [1.807, 2.05) is 0 Å². The summed E-state index contributed by atoms with van der Waals surface area (Å²) in [5, 5.41) is 0.